The third-order valence-corrected chi connectivity index (χ3v) is 8.24. The van der Waals surface area contributed by atoms with Gasteiger partial charge in [0.1, 0.15) is 12.4 Å². The van der Waals surface area contributed by atoms with Gasteiger partial charge in [-0.05, 0) is 23.8 Å². The number of aryl methyl sites for hydroxylation is 1. The fraction of sp³-hybridized carbons (Fsp3) is 0.435. The van der Waals surface area contributed by atoms with Gasteiger partial charge in [-0.3, -0.25) is 9.69 Å². The second-order valence-electron chi connectivity index (χ2n) is 8.22. The average Bonchev–Trinajstić information content (AvgIpc) is 3.20. The highest BCUT2D eigenvalue weighted by Crippen LogP contribution is 2.35. The number of methoxy groups -OCH3 is 1. The van der Waals surface area contributed by atoms with Gasteiger partial charge in [0.2, 0.25) is 10.0 Å². The van der Waals surface area contributed by atoms with Crippen molar-refractivity contribution in [2.75, 3.05) is 52.8 Å². The highest BCUT2D eigenvalue weighted by molar-refractivity contribution is 7.88. The molecule has 4 rings (SSSR count). The number of hydrogen-bond donors (Lipinski definition) is 0. The first-order valence-corrected chi connectivity index (χ1v) is 13.4. The van der Waals surface area contributed by atoms with Crippen LogP contribution in [0, 0.1) is 0 Å². The van der Waals surface area contributed by atoms with Crippen LogP contribution < -0.4 is 10.3 Å². The van der Waals surface area contributed by atoms with Crippen molar-refractivity contribution in [1.82, 2.24) is 13.8 Å². The molecule has 3 aromatic rings. The van der Waals surface area contributed by atoms with Crippen molar-refractivity contribution in [3.8, 4) is 16.9 Å². The number of piperazine rings is 1. The standard InChI is InChI=1S/C23H29N3O5S2/c1-24-16-21(17-5-4-6-18(13-17)31-12-11-30-2)22-20(23(24)27)14-19(32-22)15-25-7-9-26(10-8-25)33(3,28)29/h4-6,13-14,16H,7-12,15H2,1-3H3. The van der Waals surface area contributed by atoms with Gasteiger partial charge in [-0.25, -0.2) is 8.42 Å². The summed E-state index contributed by atoms with van der Waals surface area (Å²) in [5.74, 6) is 0.757. The lowest BCUT2D eigenvalue weighted by molar-refractivity contribution is 0.146. The summed E-state index contributed by atoms with van der Waals surface area (Å²) < 4.78 is 38.5. The van der Waals surface area contributed by atoms with Crippen molar-refractivity contribution < 1.29 is 17.9 Å². The van der Waals surface area contributed by atoms with Crippen LogP contribution in [0.3, 0.4) is 0 Å². The summed E-state index contributed by atoms with van der Waals surface area (Å²) in [6.45, 7) is 4.01. The Morgan fingerprint density at radius 1 is 1.09 bits per heavy atom. The van der Waals surface area contributed by atoms with Gasteiger partial charge in [0.15, 0.2) is 0 Å². The fourth-order valence-electron chi connectivity index (χ4n) is 4.02. The van der Waals surface area contributed by atoms with Crippen LogP contribution in [-0.4, -0.2) is 74.9 Å². The minimum atomic E-state index is -3.15. The Hall–Kier alpha value is -2.24. The maximum Gasteiger partial charge on any atom is 0.259 e. The quantitative estimate of drug-likeness (QED) is 0.450. The molecule has 1 fully saturated rings. The van der Waals surface area contributed by atoms with E-state index in [0.717, 1.165) is 26.5 Å². The molecule has 0 N–H and O–H groups in total. The molecule has 10 heteroatoms. The molecule has 1 saturated heterocycles. The molecule has 33 heavy (non-hydrogen) atoms. The summed E-state index contributed by atoms with van der Waals surface area (Å²) in [5.41, 5.74) is 1.95. The van der Waals surface area contributed by atoms with Crippen molar-refractivity contribution in [2.45, 2.75) is 6.54 Å². The number of nitrogens with zero attached hydrogens (tertiary/aromatic N) is 3. The van der Waals surface area contributed by atoms with E-state index in [1.807, 2.05) is 36.5 Å². The Kier molecular flexibility index (Phi) is 7.20. The second kappa shape index (κ2) is 9.94. The minimum absolute atomic E-state index is 0.0226. The van der Waals surface area contributed by atoms with E-state index in [0.29, 0.717) is 51.3 Å². The van der Waals surface area contributed by atoms with E-state index in [2.05, 4.69) is 4.90 Å². The molecule has 0 bridgehead atoms. The van der Waals surface area contributed by atoms with E-state index in [-0.39, 0.29) is 5.56 Å². The lowest BCUT2D eigenvalue weighted by Crippen LogP contribution is -2.47. The van der Waals surface area contributed by atoms with Gasteiger partial charge in [0, 0.05) is 68.2 Å². The van der Waals surface area contributed by atoms with Crippen LogP contribution in [0.1, 0.15) is 4.88 Å². The molecule has 0 atom stereocenters. The molecule has 0 saturated carbocycles. The summed E-state index contributed by atoms with van der Waals surface area (Å²) in [6, 6.07) is 9.84. The van der Waals surface area contributed by atoms with E-state index < -0.39 is 10.0 Å². The molecule has 1 aliphatic rings. The Morgan fingerprint density at radius 3 is 2.55 bits per heavy atom. The number of benzene rings is 1. The molecule has 0 aliphatic carbocycles. The van der Waals surface area contributed by atoms with Crippen molar-refractivity contribution in [3.63, 3.8) is 0 Å². The van der Waals surface area contributed by atoms with Crippen LogP contribution >= 0.6 is 11.3 Å². The van der Waals surface area contributed by atoms with Crippen molar-refractivity contribution >= 4 is 31.4 Å². The Balaban J connectivity index is 1.61. The van der Waals surface area contributed by atoms with E-state index in [1.54, 1.807) is 30.1 Å². The zero-order valence-electron chi connectivity index (χ0n) is 19.1. The predicted molar refractivity (Wildman–Crippen MR) is 132 cm³/mol. The Bertz CT molecular complexity index is 1290. The maximum absolute atomic E-state index is 12.9. The zero-order chi connectivity index (χ0) is 23.6. The largest absolute Gasteiger partial charge is 0.491 e. The topological polar surface area (TPSA) is 81.1 Å². The molecule has 3 heterocycles. The molecule has 0 amide bonds. The lowest BCUT2D eigenvalue weighted by Gasteiger charge is -2.32. The number of rotatable bonds is 8. The summed E-state index contributed by atoms with van der Waals surface area (Å²) in [7, 11) is 0.257. The smallest absolute Gasteiger partial charge is 0.259 e. The van der Waals surface area contributed by atoms with Crippen LogP contribution in [0.25, 0.3) is 21.2 Å². The number of fused-ring (bicyclic) bond motifs is 1. The van der Waals surface area contributed by atoms with Gasteiger partial charge in [-0.2, -0.15) is 4.31 Å². The Morgan fingerprint density at radius 2 is 1.85 bits per heavy atom. The summed E-state index contributed by atoms with van der Waals surface area (Å²) in [4.78, 5) is 16.2. The molecule has 0 unspecified atom stereocenters. The van der Waals surface area contributed by atoms with Crippen molar-refractivity contribution in [2.24, 2.45) is 7.05 Å². The highest BCUT2D eigenvalue weighted by atomic mass is 32.2. The van der Waals surface area contributed by atoms with Crippen LogP contribution in [0.5, 0.6) is 5.75 Å². The highest BCUT2D eigenvalue weighted by Gasteiger charge is 2.24. The summed E-state index contributed by atoms with van der Waals surface area (Å²) in [5, 5.41) is 0.704. The first kappa shape index (κ1) is 23.9. The number of ether oxygens (including phenoxy) is 2. The monoisotopic (exact) mass is 491 g/mol. The molecular formula is C23H29N3O5S2. The number of sulfonamides is 1. The number of hydrogen-bond acceptors (Lipinski definition) is 7. The lowest BCUT2D eigenvalue weighted by atomic mass is 10.1. The molecule has 2 aromatic heterocycles. The number of pyridine rings is 1. The molecule has 1 aromatic carbocycles. The average molecular weight is 492 g/mol. The summed E-state index contributed by atoms with van der Waals surface area (Å²) in [6.07, 6.45) is 3.13. The normalized spacial score (nSPS) is 15.8. The van der Waals surface area contributed by atoms with E-state index in [4.69, 9.17) is 9.47 Å². The van der Waals surface area contributed by atoms with Crippen LogP contribution in [0.15, 0.2) is 41.3 Å². The van der Waals surface area contributed by atoms with Crippen molar-refractivity contribution in [1.29, 1.82) is 0 Å². The molecule has 0 radical (unpaired) electrons. The van der Waals surface area contributed by atoms with Gasteiger partial charge in [-0.1, -0.05) is 12.1 Å². The Labute approximate surface area is 198 Å². The molecule has 0 spiro atoms. The van der Waals surface area contributed by atoms with Gasteiger partial charge < -0.3 is 14.0 Å². The zero-order valence-corrected chi connectivity index (χ0v) is 20.7. The molecule has 8 nitrogen and oxygen atoms in total. The fourth-order valence-corrected chi connectivity index (χ4v) is 6.07. The van der Waals surface area contributed by atoms with Gasteiger partial charge in [-0.15, -0.1) is 11.3 Å². The van der Waals surface area contributed by atoms with Gasteiger partial charge in [0.25, 0.3) is 5.56 Å². The van der Waals surface area contributed by atoms with Gasteiger partial charge in [0.05, 0.1) is 18.2 Å². The third-order valence-electron chi connectivity index (χ3n) is 5.78. The van der Waals surface area contributed by atoms with Crippen LogP contribution in [0.2, 0.25) is 0 Å². The van der Waals surface area contributed by atoms with Crippen molar-refractivity contribution in [3.05, 3.63) is 51.8 Å². The van der Waals surface area contributed by atoms with Gasteiger partial charge >= 0.3 is 0 Å². The summed E-state index contributed by atoms with van der Waals surface area (Å²) >= 11 is 1.62. The minimum Gasteiger partial charge on any atom is -0.491 e. The maximum atomic E-state index is 12.9. The molecule has 1 aliphatic heterocycles. The van der Waals surface area contributed by atoms with E-state index >= 15 is 0 Å². The second-order valence-corrected chi connectivity index (χ2v) is 11.3. The SMILES string of the molecule is COCCOc1cccc(-c2cn(C)c(=O)c3cc(CN4CCN(S(C)(=O)=O)CC4)sc23)c1. The molecular weight excluding hydrogens is 462 g/mol. The van der Waals surface area contributed by atoms with Crippen LogP contribution in [-0.2, 0) is 28.4 Å². The first-order chi connectivity index (χ1) is 15.8. The predicted octanol–water partition coefficient (Wildman–Crippen LogP) is 2.37. The first-order valence-electron chi connectivity index (χ1n) is 10.8. The molecule has 178 valence electrons. The van der Waals surface area contributed by atoms with Crippen LogP contribution in [0.4, 0.5) is 0 Å². The van der Waals surface area contributed by atoms with E-state index in [1.165, 1.54) is 10.6 Å². The third kappa shape index (κ3) is 5.47. The number of thiophene rings is 1. The van der Waals surface area contributed by atoms with E-state index in [9.17, 15) is 13.2 Å². The number of aromatic nitrogens is 1.